The number of carbonyl (C=O) groups is 1. The number of anilines is 1. The molecule has 0 aliphatic heterocycles. The Morgan fingerprint density at radius 1 is 1.06 bits per heavy atom. The van der Waals surface area contributed by atoms with E-state index in [-0.39, 0.29) is 11.3 Å². The predicted octanol–water partition coefficient (Wildman–Crippen LogP) is 4.77. The Morgan fingerprint density at radius 3 is 2.61 bits per heavy atom. The van der Waals surface area contributed by atoms with Crippen LogP contribution in [0.5, 0.6) is 11.5 Å². The highest BCUT2D eigenvalue weighted by Gasteiger charge is 2.30. The number of fused-ring (bicyclic) bond motifs is 1. The Morgan fingerprint density at radius 2 is 1.88 bits per heavy atom. The van der Waals surface area contributed by atoms with E-state index in [1.165, 1.54) is 18.3 Å². The first-order chi connectivity index (χ1) is 15.8. The van der Waals surface area contributed by atoms with Crippen molar-refractivity contribution in [3.8, 4) is 11.5 Å². The summed E-state index contributed by atoms with van der Waals surface area (Å²) >= 11 is 0. The molecule has 0 unspecified atom stereocenters. The van der Waals surface area contributed by atoms with E-state index in [2.05, 4.69) is 15.4 Å². The van der Waals surface area contributed by atoms with Crippen LogP contribution in [0.2, 0.25) is 0 Å². The van der Waals surface area contributed by atoms with E-state index in [1.807, 2.05) is 12.1 Å². The largest absolute Gasteiger partial charge is 0.497 e. The summed E-state index contributed by atoms with van der Waals surface area (Å²) in [6.45, 7) is 0.374. The molecule has 0 bridgehead atoms. The summed E-state index contributed by atoms with van der Waals surface area (Å²) in [7, 11) is 3.13. The number of methoxy groups -OCH3 is 2. The number of amides is 1. The average Bonchev–Trinajstić information content (AvgIpc) is 3.21. The molecule has 0 saturated heterocycles. The molecule has 0 radical (unpaired) electrons. The zero-order valence-electron chi connectivity index (χ0n) is 17.7. The number of halogens is 3. The molecule has 0 saturated carbocycles. The lowest BCUT2D eigenvalue weighted by molar-refractivity contribution is -0.137. The zero-order valence-corrected chi connectivity index (χ0v) is 17.7. The van der Waals surface area contributed by atoms with Crippen LogP contribution >= 0.6 is 0 Å². The van der Waals surface area contributed by atoms with Crippen molar-refractivity contribution in [3.63, 3.8) is 0 Å². The Balaban J connectivity index is 1.55. The standard InChI is InChI=1S/C23H19F3N4O3/c1-32-19-7-6-14(20(10-19)33-2)13-30-21-15(12-28-30)8-16(11-27-21)22(31)29-18-5-3-4-17(9-18)23(24,25)26/h3-12H,13H2,1-2H3,(H,29,31). The van der Waals surface area contributed by atoms with E-state index in [9.17, 15) is 18.0 Å². The summed E-state index contributed by atoms with van der Waals surface area (Å²) in [4.78, 5) is 16.9. The summed E-state index contributed by atoms with van der Waals surface area (Å²) in [6.07, 6.45) is -1.57. The number of nitrogens with zero attached hydrogens (tertiary/aromatic N) is 3. The molecule has 0 fully saturated rings. The molecule has 4 rings (SSSR count). The molecule has 7 nitrogen and oxygen atoms in total. The number of rotatable bonds is 6. The molecule has 2 aromatic heterocycles. The van der Waals surface area contributed by atoms with Crippen molar-refractivity contribution in [2.45, 2.75) is 12.7 Å². The number of ether oxygens (including phenoxy) is 2. The molecule has 1 N–H and O–H groups in total. The smallest absolute Gasteiger partial charge is 0.416 e. The summed E-state index contributed by atoms with van der Waals surface area (Å²) < 4.78 is 51.0. The fourth-order valence-electron chi connectivity index (χ4n) is 3.33. The predicted molar refractivity (Wildman–Crippen MR) is 116 cm³/mol. The number of hydrogen-bond acceptors (Lipinski definition) is 5. The van der Waals surface area contributed by atoms with Crippen molar-refractivity contribution in [2.24, 2.45) is 0 Å². The van der Waals surface area contributed by atoms with Gasteiger partial charge in [0, 0.05) is 28.9 Å². The fourth-order valence-corrected chi connectivity index (χ4v) is 3.33. The highest BCUT2D eigenvalue weighted by molar-refractivity contribution is 6.05. The number of alkyl halides is 3. The molecule has 33 heavy (non-hydrogen) atoms. The maximum Gasteiger partial charge on any atom is 0.416 e. The van der Waals surface area contributed by atoms with E-state index >= 15 is 0 Å². The highest BCUT2D eigenvalue weighted by atomic mass is 19.4. The second-order valence-corrected chi connectivity index (χ2v) is 7.15. The summed E-state index contributed by atoms with van der Waals surface area (Å²) in [5.41, 5.74) is 0.794. The minimum absolute atomic E-state index is 0.0391. The molecular weight excluding hydrogens is 437 g/mol. The zero-order chi connectivity index (χ0) is 23.6. The van der Waals surface area contributed by atoms with Gasteiger partial charge in [-0.3, -0.25) is 4.79 Å². The van der Waals surface area contributed by atoms with Crippen LogP contribution in [0, 0.1) is 0 Å². The molecule has 0 atom stereocenters. The van der Waals surface area contributed by atoms with Crippen LogP contribution < -0.4 is 14.8 Å². The Labute approximate surface area is 186 Å². The van der Waals surface area contributed by atoms with Gasteiger partial charge in [0.2, 0.25) is 0 Å². The lowest BCUT2D eigenvalue weighted by Gasteiger charge is -2.11. The maximum atomic E-state index is 12.9. The first kappa shape index (κ1) is 22.1. The van der Waals surface area contributed by atoms with E-state index in [4.69, 9.17) is 9.47 Å². The van der Waals surface area contributed by atoms with Crippen LogP contribution in [-0.2, 0) is 12.7 Å². The molecule has 170 valence electrons. The first-order valence-electron chi connectivity index (χ1n) is 9.79. The summed E-state index contributed by atoms with van der Waals surface area (Å²) in [5.74, 6) is 0.721. The first-order valence-corrected chi connectivity index (χ1v) is 9.79. The van der Waals surface area contributed by atoms with Gasteiger partial charge in [-0.05, 0) is 36.4 Å². The molecule has 4 aromatic rings. The number of pyridine rings is 1. The summed E-state index contributed by atoms with van der Waals surface area (Å²) in [5, 5.41) is 7.43. The maximum absolute atomic E-state index is 12.9. The van der Waals surface area contributed by atoms with Crippen molar-refractivity contribution < 1.29 is 27.4 Å². The van der Waals surface area contributed by atoms with E-state index in [0.29, 0.717) is 29.1 Å². The second kappa shape index (κ2) is 8.81. The number of hydrogen-bond donors (Lipinski definition) is 1. The molecular formula is C23H19F3N4O3. The van der Waals surface area contributed by atoms with E-state index in [1.54, 1.807) is 37.2 Å². The fraction of sp³-hybridized carbons (Fsp3) is 0.174. The van der Waals surface area contributed by atoms with E-state index < -0.39 is 17.6 Å². The van der Waals surface area contributed by atoms with Crippen LogP contribution in [0.1, 0.15) is 21.5 Å². The average molecular weight is 456 g/mol. The van der Waals surface area contributed by atoms with E-state index in [0.717, 1.165) is 17.7 Å². The van der Waals surface area contributed by atoms with Crippen molar-refractivity contribution in [1.29, 1.82) is 0 Å². The normalized spacial score (nSPS) is 11.4. The van der Waals surface area contributed by atoms with Gasteiger partial charge in [0.1, 0.15) is 11.5 Å². The van der Waals surface area contributed by atoms with Gasteiger partial charge >= 0.3 is 6.18 Å². The molecule has 0 aliphatic carbocycles. The van der Waals surface area contributed by atoms with Crippen molar-refractivity contribution in [1.82, 2.24) is 14.8 Å². The molecule has 0 spiro atoms. The lowest BCUT2D eigenvalue weighted by Crippen LogP contribution is -2.13. The van der Waals surface area contributed by atoms with Crippen LogP contribution in [0.25, 0.3) is 11.0 Å². The SMILES string of the molecule is COc1ccc(Cn2ncc3cc(C(=O)Nc4cccc(C(F)(F)F)c4)cnc32)c(OC)c1. The van der Waals surface area contributed by atoms with Gasteiger partial charge in [-0.1, -0.05) is 6.07 Å². The minimum atomic E-state index is -4.50. The van der Waals surface area contributed by atoms with Gasteiger partial charge in [-0.15, -0.1) is 0 Å². The van der Waals surface area contributed by atoms with Crippen molar-refractivity contribution in [2.75, 3.05) is 19.5 Å². The van der Waals surface area contributed by atoms with Crippen molar-refractivity contribution >= 4 is 22.6 Å². The monoisotopic (exact) mass is 456 g/mol. The lowest BCUT2D eigenvalue weighted by atomic mass is 10.1. The quantitative estimate of drug-likeness (QED) is 0.452. The van der Waals surface area contributed by atoms with Crippen LogP contribution in [0.3, 0.4) is 0 Å². The number of carbonyl (C=O) groups excluding carboxylic acids is 1. The van der Waals surface area contributed by atoms with Gasteiger partial charge in [-0.2, -0.15) is 18.3 Å². The molecule has 0 aliphatic rings. The number of aromatic nitrogens is 3. The van der Waals surface area contributed by atoms with Crippen LogP contribution in [-0.4, -0.2) is 34.9 Å². The molecule has 2 aromatic carbocycles. The number of benzene rings is 2. The van der Waals surface area contributed by atoms with Gasteiger partial charge in [-0.25, -0.2) is 9.67 Å². The number of nitrogens with one attached hydrogen (secondary N) is 1. The Hall–Kier alpha value is -4.08. The van der Waals surface area contributed by atoms with Gasteiger partial charge < -0.3 is 14.8 Å². The summed E-state index contributed by atoms with van der Waals surface area (Å²) in [6, 6.07) is 11.5. The van der Waals surface area contributed by atoms with Gasteiger partial charge in [0.15, 0.2) is 5.65 Å². The minimum Gasteiger partial charge on any atom is -0.497 e. The third kappa shape index (κ3) is 4.74. The van der Waals surface area contributed by atoms with Crippen LogP contribution in [0.15, 0.2) is 60.9 Å². The Bertz CT molecular complexity index is 1320. The van der Waals surface area contributed by atoms with Crippen LogP contribution in [0.4, 0.5) is 18.9 Å². The third-order valence-corrected chi connectivity index (χ3v) is 5.00. The Kier molecular flexibility index (Phi) is 5.91. The van der Waals surface area contributed by atoms with Crippen molar-refractivity contribution in [3.05, 3.63) is 77.6 Å². The van der Waals surface area contributed by atoms with Gasteiger partial charge in [0.25, 0.3) is 5.91 Å². The van der Waals surface area contributed by atoms with Gasteiger partial charge in [0.05, 0.1) is 38.1 Å². The molecule has 10 heteroatoms. The molecule has 1 amide bonds. The molecule has 2 heterocycles. The topological polar surface area (TPSA) is 78.3 Å². The highest BCUT2D eigenvalue weighted by Crippen LogP contribution is 2.31. The third-order valence-electron chi connectivity index (χ3n) is 5.00. The second-order valence-electron chi connectivity index (χ2n) is 7.15.